The molecule has 0 aromatic heterocycles. The summed E-state index contributed by atoms with van der Waals surface area (Å²) >= 11 is 0. The fraction of sp³-hybridized carbons (Fsp3) is 0.0294. The van der Waals surface area contributed by atoms with E-state index in [2.05, 4.69) is 266 Å². The second-order valence-corrected chi connectivity index (χ2v) is 19.0. The predicted octanol–water partition coefficient (Wildman–Crippen LogP) is 17.3. The minimum atomic E-state index is -0.645. The van der Waals surface area contributed by atoms with Gasteiger partial charge in [0.05, 0.1) is 22.2 Å². The van der Waals surface area contributed by atoms with Crippen LogP contribution in [-0.2, 0) is 10.8 Å². The number of rotatable bonds is 5. The van der Waals surface area contributed by atoms with E-state index < -0.39 is 10.8 Å². The van der Waals surface area contributed by atoms with Crippen LogP contribution in [0, 0.1) is 0 Å². The highest BCUT2D eigenvalue weighted by Gasteiger charge is 2.54. The van der Waals surface area contributed by atoms with Gasteiger partial charge in [0.1, 0.15) is 0 Å². The van der Waals surface area contributed by atoms with Crippen molar-refractivity contribution in [3.63, 3.8) is 0 Å². The van der Waals surface area contributed by atoms with Crippen LogP contribution >= 0.6 is 0 Å². The molecule has 15 rings (SSSR count). The number of fused-ring (bicyclic) bond motifs is 19. The van der Waals surface area contributed by atoms with Gasteiger partial charge in [-0.15, -0.1) is 0 Å². The Morgan fingerprint density at radius 3 is 1.03 bits per heavy atom. The first-order valence-electron chi connectivity index (χ1n) is 24.2. The Balaban J connectivity index is 1.13. The topological polar surface area (TPSA) is 3.24 Å². The molecule has 0 amide bonds. The van der Waals surface area contributed by atoms with Crippen LogP contribution in [0.5, 0.6) is 0 Å². The lowest BCUT2D eigenvalue weighted by atomic mass is 9.67. The van der Waals surface area contributed by atoms with Crippen molar-refractivity contribution >= 4 is 49.4 Å². The maximum atomic E-state index is 2.66. The van der Waals surface area contributed by atoms with E-state index in [1.165, 1.54) is 116 Å². The van der Waals surface area contributed by atoms with Crippen molar-refractivity contribution < 1.29 is 0 Å². The highest BCUT2D eigenvalue weighted by Crippen LogP contribution is 2.67. The molecule has 0 bridgehead atoms. The summed E-state index contributed by atoms with van der Waals surface area (Å²) in [7, 11) is 0. The van der Waals surface area contributed by atoms with Crippen molar-refractivity contribution in [2.45, 2.75) is 10.8 Å². The van der Waals surface area contributed by atoms with E-state index in [0.717, 1.165) is 11.4 Å². The number of hydrogen-bond donors (Lipinski definition) is 0. The SMILES string of the molecule is c1ccc(C2(c3ccccc3)c3ccccc3-c3cccc(N(c4ccc5c6ccccc6c6ccccc6c5c4)c4cccc5c4C4(c6ccccc6-c6ccccc64)c4ccccc4-5)c32)cc1. The Labute approximate surface area is 401 Å². The Bertz CT molecular complexity index is 3850. The number of nitrogens with zero attached hydrogens (tertiary/aromatic N) is 1. The van der Waals surface area contributed by atoms with Crippen molar-refractivity contribution in [2.24, 2.45) is 0 Å². The summed E-state index contributed by atoms with van der Waals surface area (Å²) in [5.41, 5.74) is 20.2. The van der Waals surface area contributed by atoms with Crippen LogP contribution in [-0.4, -0.2) is 0 Å². The first kappa shape index (κ1) is 38.3. The molecule has 12 aromatic rings. The average molecular weight is 874 g/mol. The molecule has 3 aliphatic carbocycles. The van der Waals surface area contributed by atoms with Gasteiger partial charge in [-0.1, -0.05) is 237 Å². The van der Waals surface area contributed by atoms with Gasteiger partial charge >= 0.3 is 0 Å². The van der Waals surface area contributed by atoms with Gasteiger partial charge in [0.15, 0.2) is 0 Å². The molecule has 69 heavy (non-hydrogen) atoms. The second-order valence-electron chi connectivity index (χ2n) is 19.0. The Hall–Kier alpha value is -8.78. The summed E-state index contributed by atoms with van der Waals surface area (Å²) in [6.45, 7) is 0. The third kappa shape index (κ3) is 4.93. The third-order valence-electron chi connectivity index (χ3n) is 15.9. The molecule has 0 atom stereocenters. The standard InChI is InChI=1S/C68H43N/c1-3-21-44(22-4-1)67(45-23-5-2-6-24-45)59-35-15-13-31-54(59)56-33-19-39-63(65(56)67)69(46-41-42-51-49-27-8-7-25-47(49)48-26-9-10-28-50(48)58(51)43-46)64-40-20-34-57-55-32-14-18-38-62(55)68(66(57)64)60-36-16-11-29-52(60)53-30-12-17-37-61(53)68/h1-43H. The Morgan fingerprint density at radius 2 is 0.565 bits per heavy atom. The van der Waals surface area contributed by atoms with Crippen molar-refractivity contribution in [1.29, 1.82) is 0 Å². The zero-order chi connectivity index (χ0) is 45.3. The molecule has 0 unspecified atom stereocenters. The summed E-state index contributed by atoms with van der Waals surface area (Å²) in [6, 6.07) is 98.4. The molecule has 0 aliphatic heterocycles. The summed E-state index contributed by atoms with van der Waals surface area (Å²) in [4.78, 5) is 2.66. The monoisotopic (exact) mass is 873 g/mol. The largest absolute Gasteiger partial charge is 0.310 e. The molecule has 320 valence electrons. The predicted molar refractivity (Wildman–Crippen MR) is 287 cm³/mol. The van der Waals surface area contributed by atoms with Crippen molar-refractivity contribution in [2.75, 3.05) is 4.90 Å². The van der Waals surface area contributed by atoms with E-state index in [0.29, 0.717) is 0 Å². The molecule has 0 N–H and O–H groups in total. The van der Waals surface area contributed by atoms with E-state index in [4.69, 9.17) is 0 Å². The van der Waals surface area contributed by atoms with Crippen LogP contribution in [0.25, 0.3) is 65.7 Å². The number of anilines is 3. The zero-order valence-electron chi connectivity index (χ0n) is 37.8. The lowest BCUT2D eigenvalue weighted by Crippen LogP contribution is -2.31. The maximum Gasteiger partial charge on any atom is 0.0746 e. The first-order valence-corrected chi connectivity index (χ1v) is 24.2. The molecule has 0 heterocycles. The molecule has 1 nitrogen and oxygen atoms in total. The van der Waals surface area contributed by atoms with E-state index in [1.54, 1.807) is 0 Å². The molecule has 0 fully saturated rings. The number of hydrogen-bond acceptors (Lipinski definition) is 1. The van der Waals surface area contributed by atoms with Gasteiger partial charge in [0, 0.05) is 16.8 Å². The lowest BCUT2D eigenvalue weighted by Gasteiger charge is -2.40. The lowest BCUT2D eigenvalue weighted by molar-refractivity contribution is 0.766. The molecular weight excluding hydrogens is 831 g/mol. The molecular formula is C68H43N. The van der Waals surface area contributed by atoms with Gasteiger partial charge in [-0.25, -0.2) is 0 Å². The molecule has 0 radical (unpaired) electrons. The van der Waals surface area contributed by atoms with Crippen molar-refractivity contribution in [3.8, 4) is 33.4 Å². The van der Waals surface area contributed by atoms with E-state index in [1.807, 2.05) is 0 Å². The van der Waals surface area contributed by atoms with Gasteiger partial charge in [0.2, 0.25) is 0 Å². The third-order valence-corrected chi connectivity index (χ3v) is 15.9. The summed E-state index contributed by atoms with van der Waals surface area (Å²) in [5.74, 6) is 0. The summed E-state index contributed by atoms with van der Waals surface area (Å²) in [5, 5.41) is 7.55. The fourth-order valence-electron chi connectivity index (χ4n) is 13.4. The normalized spacial score (nSPS) is 14.0. The quantitative estimate of drug-likeness (QED) is 0.156. The average Bonchev–Trinajstić information content (AvgIpc) is 4.03. The summed E-state index contributed by atoms with van der Waals surface area (Å²) in [6.07, 6.45) is 0. The van der Waals surface area contributed by atoms with Crippen molar-refractivity contribution in [1.82, 2.24) is 0 Å². The maximum absolute atomic E-state index is 2.66. The van der Waals surface area contributed by atoms with Gasteiger partial charge in [-0.05, 0) is 123 Å². The van der Waals surface area contributed by atoms with Crippen LogP contribution in [0.4, 0.5) is 17.1 Å². The van der Waals surface area contributed by atoms with Crippen LogP contribution in [0.3, 0.4) is 0 Å². The van der Waals surface area contributed by atoms with Gasteiger partial charge < -0.3 is 4.90 Å². The van der Waals surface area contributed by atoms with Crippen LogP contribution in [0.15, 0.2) is 261 Å². The zero-order valence-corrected chi connectivity index (χ0v) is 37.8. The van der Waals surface area contributed by atoms with Crippen LogP contribution < -0.4 is 4.90 Å². The van der Waals surface area contributed by atoms with E-state index in [9.17, 15) is 0 Å². The Kier molecular flexibility index (Phi) is 7.98. The van der Waals surface area contributed by atoms with E-state index >= 15 is 0 Å². The van der Waals surface area contributed by atoms with Gasteiger partial charge in [-0.2, -0.15) is 0 Å². The second kappa shape index (κ2) is 14.4. The van der Waals surface area contributed by atoms with Crippen LogP contribution in [0.1, 0.15) is 44.5 Å². The number of benzene rings is 12. The highest BCUT2D eigenvalue weighted by atomic mass is 15.2. The van der Waals surface area contributed by atoms with Crippen LogP contribution in [0.2, 0.25) is 0 Å². The first-order chi connectivity index (χ1) is 34.3. The molecule has 0 saturated carbocycles. The van der Waals surface area contributed by atoms with Gasteiger partial charge in [-0.3, -0.25) is 0 Å². The molecule has 1 spiro atoms. The van der Waals surface area contributed by atoms with Gasteiger partial charge in [0.25, 0.3) is 0 Å². The Morgan fingerprint density at radius 1 is 0.232 bits per heavy atom. The minimum absolute atomic E-state index is 0.579. The molecule has 1 heteroatoms. The highest BCUT2D eigenvalue weighted by molar-refractivity contribution is 6.26. The van der Waals surface area contributed by atoms with Crippen molar-refractivity contribution in [3.05, 3.63) is 305 Å². The summed E-state index contributed by atoms with van der Waals surface area (Å²) < 4.78 is 0. The minimum Gasteiger partial charge on any atom is -0.310 e. The van der Waals surface area contributed by atoms with E-state index in [-0.39, 0.29) is 0 Å². The fourth-order valence-corrected chi connectivity index (χ4v) is 13.4. The molecule has 3 aliphatic rings. The molecule has 0 saturated heterocycles. The smallest absolute Gasteiger partial charge is 0.0746 e. The molecule has 12 aromatic carbocycles.